The summed E-state index contributed by atoms with van der Waals surface area (Å²) in [5, 5.41) is 1.18. The van der Waals surface area contributed by atoms with Crippen molar-refractivity contribution in [1.29, 1.82) is 0 Å². The van der Waals surface area contributed by atoms with E-state index >= 15 is 0 Å². The Kier molecular flexibility index (Phi) is 3.64. The van der Waals surface area contributed by atoms with Gasteiger partial charge < -0.3 is 4.98 Å². The third kappa shape index (κ3) is 2.36. The SMILES string of the molecule is C#Cc1ccc2[nH]cc(CC(=C/C)/N=C\C)c2c1. The van der Waals surface area contributed by atoms with Crippen LogP contribution in [0.25, 0.3) is 10.9 Å². The predicted molar refractivity (Wildman–Crippen MR) is 77.9 cm³/mol. The van der Waals surface area contributed by atoms with Gasteiger partial charge in [-0.05, 0) is 37.6 Å². The van der Waals surface area contributed by atoms with Crippen LogP contribution in [-0.4, -0.2) is 11.2 Å². The van der Waals surface area contributed by atoms with Crippen molar-refractivity contribution in [1.82, 2.24) is 4.98 Å². The molecule has 18 heavy (non-hydrogen) atoms. The highest BCUT2D eigenvalue weighted by Gasteiger charge is 2.05. The lowest BCUT2D eigenvalue weighted by Gasteiger charge is -2.00. The van der Waals surface area contributed by atoms with Crippen LogP contribution in [0, 0.1) is 12.3 Å². The quantitative estimate of drug-likeness (QED) is 0.622. The van der Waals surface area contributed by atoms with Gasteiger partial charge >= 0.3 is 0 Å². The van der Waals surface area contributed by atoms with Crippen molar-refractivity contribution in [2.24, 2.45) is 4.99 Å². The number of terminal acetylenes is 1. The second kappa shape index (κ2) is 5.37. The molecule has 2 heteroatoms. The van der Waals surface area contributed by atoms with E-state index in [0.717, 1.165) is 23.2 Å². The molecule has 0 saturated carbocycles. The minimum atomic E-state index is 0.814. The molecule has 0 radical (unpaired) electrons. The van der Waals surface area contributed by atoms with E-state index in [2.05, 4.69) is 15.9 Å². The normalized spacial score (nSPS) is 12.2. The van der Waals surface area contributed by atoms with Crippen molar-refractivity contribution in [2.45, 2.75) is 20.3 Å². The zero-order valence-electron chi connectivity index (χ0n) is 10.7. The molecule has 2 nitrogen and oxygen atoms in total. The summed E-state index contributed by atoms with van der Waals surface area (Å²) in [6.45, 7) is 3.93. The highest BCUT2D eigenvalue weighted by Crippen LogP contribution is 2.22. The van der Waals surface area contributed by atoms with Gasteiger partial charge in [-0.1, -0.05) is 12.0 Å². The number of fused-ring (bicyclic) bond motifs is 1. The average molecular weight is 236 g/mol. The maximum atomic E-state index is 5.44. The fourth-order valence-corrected chi connectivity index (χ4v) is 2.00. The Morgan fingerprint density at radius 1 is 1.44 bits per heavy atom. The van der Waals surface area contributed by atoms with Gasteiger partial charge in [-0.25, -0.2) is 0 Å². The van der Waals surface area contributed by atoms with Crippen molar-refractivity contribution in [3.8, 4) is 12.3 Å². The third-order valence-electron chi connectivity index (χ3n) is 2.93. The van der Waals surface area contributed by atoms with E-state index in [1.54, 1.807) is 0 Å². The summed E-state index contributed by atoms with van der Waals surface area (Å²) in [6, 6.07) is 6.01. The topological polar surface area (TPSA) is 28.1 Å². The fourth-order valence-electron chi connectivity index (χ4n) is 2.00. The number of nitrogens with zero attached hydrogens (tertiary/aromatic N) is 1. The van der Waals surface area contributed by atoms with E-state index in [1.165, 1.54) is 10.9 Å². The molecule has 1 heterocycles. The van der Waals surface area contributed by atoms with Crippen LogP contribution in [0.2, 0.25) is 0 Å². The molecule has 0 saturated heterocycles. The van der Waals surface area contributed by atoms with E-state index in [-0.39, 0.29) is 0 Å². The van der Waals surface area contributed by atoms with E-state index in [4.69, 9.17) is 6.42 Å². The van der Waals surface area contributed by atoms with Crippen LogP contribution >= 0.6 is 0 Å². The fraction of sp³-hybridized carbons (Fsp3) is 0.188. The first-order chi connectivity index (χ1) is 8.78. The monoisotopic (exact) mass is 236 g/mol. The Hall–Kier alpha value is -2.27. The zero-order chi connectivity index (χ0) is 13.0. The van der Waals surface area contributed by atoms with Crippen LogP contribution in [0.15, 0.2) is 41.2 Å². The Bertz CT molecular complexity index is 651. The minimum absolute atomic E-state index is 0.814. The third-order valence-corrected chi connectivity index (χ3v) is 2.93. The average Bonchev–Trinajstić information content (AvgIpc) is 2.80. The highest BCUT2D eigenvalue weighted by atomic mass is 14.7. The van der Waals surface area contributed by atoms with Gasteiger partial charge in [0.15, 0.2) is 0 Å². The largest absolute Gasteiger partial charge is 0.361 e. The molecule has 0 unspecified atom stereocenters. The molecule has 0 aliphatic heterocycles. The molecule has 2 rings (SSSR count). The molecule has 0 aliphatic carbocycles. The summed E-state index contributed by atoms with van der Waals surface area (Å²) < 4.78 is 0. The van der Waals surface area contributed by atoms with Gasteiger partial charge in [0.2, 0.25) is 0 Å². The Morgan fingerprint density at radius 2 is 2.28 bits per heavy atom. The number of allylic oxidation sites excluding steroid dienone is 2. The van der Waals surface area contributed by atoms with E-state index in [1.807, 2.05) is 50.5 Å². The number of aromatic amines is 1. The van der Waals surface area contributed by atoms with Crippen molar-refractivity contribution >= 4 is 17.1 Å². The number of rotatable bonds is 3. The lowest BCUT2D eigenvalue weighted by Crippen LogP contribution is -1.87. The number of nitrogens with one attached hydrogen (secondary N) is 1. The number of hydrogen-bond donors (Lipinski definition) is 1. The zero-order valence-corrected chi connectivity index (χ0v) is 10.7. The van der Waals surface area contributed by atoms with Crippen molar-refractivity contribution in [3.63, 3.8) is 0 Å². The maximum absolute atomic E-state index is 5.44. The number of hydrogen-bond acceptors (Lipinski definition) is 1. The first-order valence-corrected chi connectivity index (χ1v) is 5.99. The molecule has 0 aliphatic rings. The van der Waals surface area contributed by atoms with Gasteiger partial charge in [0.1, 0.15) is 0 Å². The highest BCUT2D eigenvalue weighted by molar-refractivity contribution is 5.85. The summed E-state index contributed by atoms with van der Waals surface area (Å²) in [5.74, 6) is 2.67. The minimum Gasteiger partial charge on any atom is -0.361 e. The molecule has 1 aromatic carbocycles. The molecule has 0 fully saturated rings. The molecule has 0 spiro atoms. The van der Waals surface area contributed by atoms with Gasteiger partial charge in [-0.15, -0.1) is 6.42 Å². The van der Waals surface area contributed by atoms with Crippen LogP contribution in [0.4, 0.5) is 0 Å². The van der Waals surface area contributed by atoms with Gasteiger partial charge in [0, 0.05) is 41.0 Å². The first-order valence-electron chi connectivity index (χ1n) is 5.99. The Labute approximate surface area is 107 Å². The van der Waals surface area contributed by atoms with E-state index in [9.17, 15) is 0 Å². The van der Waals surface area contributed by atoms with Gasteiger partial charge in [0.25, 0.3) is 0 Å². The van der Waals surface area contributed by atoms with Crippen molar-refractivity contribution in [3.05, 3.63) is 47.3 Å². The molecule has 90 valence electrons. The molecular formula is C16H16N2. The van der Waals surface area contributed by atoms with Crippen LogP contribution in [-0.2, 0) is 6.42 Å². The summed E-state index contributed by atoms with van der Waals surface area (Å²) in [4.78, 5) is 7.61. The Balaban J connectivity index is 2.43. The van der Waals surface area contributed by atoms with Gasteiger partial charge in [-0.3, -0.25) is 4.99 Å². The molecule has 0 bridgehead atoms. The molecule has 0 atom stereocenters. The number of aromatic nitrogens is 1. The summed E-state index contributed by atoms with van der Waals surface area (Å²) in [5.41, 5.74) is 4.30. The molecule has 1 aromatic heterocycles. The number of benzene rings is 1. The first kappa shape index (κ1) is 12.2. The second-order valence-corrected chi connectivity index (χ2v) is 4.06. The standard InChI is InChI=1S/C16H16N2/c1-4-12-7-8-16-15(9-12)13(11-18-16)10-14(5-2)17-6-3/h1,5-9,11,18H,10H2,2-3H3/b14-5-,17-6-. The number of aliphatic imine (C=N–C) groups is 1. The van der Waals surface area contributed by atoms with Crippen molar-refractivity contribution < 1.29 is 0 Å². The van der Waals surface area contributed by atoms with E-state index < -0.39 is 0 Å². The van der Waals surface area contributed by atoms with Gasteiger partial charge in [-0.2, -0.15) is 0 Å². The number of H-pyrrole nitrogens is 1. The summed E-state index contributed by atoms with van der Waals surface area (Å²) in [6.07, 6.45) is 12.1. The molecular weight excluding hydrogens is 220 g/mol. The Morgan fingerprint density at radius 3 is 2.94 bits per heavy atom. The van der Waals surface area contributed by atoms with Crippen LogP contribution in [0.1, 0.15) is 25.0 Å². The lowest BCUT2D eigenvalue weighted by atomic mass is 10.1. The molecule has 0 amide bonds. The maximum Gasteiger partial charge on any atom is 0.0457 e. The predicted octanol–water partition coefficient (Wildman–Crippen LogP) is 3.69. The second-order valence-electron chi connectivity index (χ2n) is 4.06. The summed E-state index contributed by atoms with van der Waals surface area (Å²) >= 11 is 0. The molecule has 1 N–H and O–H groups in total. The van der Waals surface area contributed by atoms with Crippen molar-refractivity contribution in [2.75, 3.05) is 0 Å². The molecule has 2 aromatic rings. The smallest absolute Gasteiger partial charge is 0.0457 e. The van der Waals surface area contributed by atoms with Crippen LogP contribution in [0.5, 0.6) is 0 Å². The lowest BCUT2D eigenvalue weighted by molar-refractivity contribution is 1.11. The van der Waals surface area contributed by atoms with E-state index in [0.29, 0.717) is 0 Å². The van der Waals surface area contributed by atoms with Crippen LogP contribution < -0.4 is 0 Å². The summed E-state index contributed by atoms with van der Waals surface area (Å²) in [7, 11) is 0. The van der Waals surface area contributed by atoms with Crippen LogP contribution in [0.3, 0.4) is 0 Å². The van der Waals surface area contributed by atoms with Gasteiger partial charge in [0.05, 0.1) is 0 Å².